The van der Waals surface area contributed by atoms with E-state index >= 15 is 0 Å². The summed E-state index contributed by atoms with van der Waals surface area (Å²) >= 11 is 1.80. The van der Waals surface area contributed by atoms with Gasteiger partial charge in [-0.25, -0.2) is 0 Å². The topological polar surface area (TPSA) is 21.3 Å². The van der Waals surface area contributed by atoms with E-state index in [1.165, 1.54) is 4.88 Å². The summed E-state index contributed by atoms with van der Waals surface area (Å²) in [6.07, 6.45) is 7.55. The van der Waals surface area contributed by atoms with Gasteiger partial charge in [-0.3, -0.25) is 0 Å². The Balaban J connectivity index is 2.02. The molecule has 1 aromatic carbocycles. The Hall–Kier alpha value is -1.76. The highest BCUT2D eigenvalue weighted by molar-refractivity contribution is 7.10. The molecular weight excluding hydrogens is 278 g/mol. The van der Waals surface area contributed by atoms with Gasteiger partial charge in [-0.2, -0.15) is 0 Å². The number of ether oxygens (including phenoxy) is 1. The molecule has 0 aliphatic heterocycles. The van der Waals surface area contributed by atoms with E-state index in [9.17, 15) is 0 Å². The molecule has 2 nitrogen and oxygen atoms in total. The molecule has 21 heavy (non-hydrogen) atoms. The van der Waals surface area contributed by atoms with Crippen LogP contribution in [0.2, 0.25) is 0 Å². The summed E-state index contributed by atoms with van der Waals surface area (Å²) < 4.78 is 5.60. The van der Waals surface area contributed by atoms with Gasteiger partial charge in [0.25, 0.3) is 0 Å². The first-order valence-corrected chi connectivity index (χ1v) is 8.14. The van der Waals surface area contributed by atoms with Gasteiger partial charge in [0.05, 0.1) is 0 Å². The van der Waals surface area contributed by atoms with Crippen LogP contribution in [0.5, 0.6) is 5.75 Å². The molecule has 0 aliphatic rings. The lowest BCUT2D eigenvalue weighted by Gasteiger charge is -2.18. The van der Waals surface area contributed by atoms with Crippen LogP contribution in [0.3, 0.4) is 0 Å². The van der Waals surface area contributed by atoms with Gasteiger partial charge < -0.3 is 10.1 Å². The lowest BCUT2D eigenvalue weighted by molar-refractivity contribution is 0.363. The smallest absolute Gasteiger partial charge is 0.148 e. The summed E-state index contributed by atoms with van der Waals surface area (Å²) in [6.45, 7) is 3.30. The van der Waals surface area contributed by atoms with Crippen LogP contribution in [0.4, 0.5) is 0 Å². The maximum absolute atomic E-state index is 5.60. The second kappa shape index (κ2) is 8.51. The summed E-state index contributed by atoms with van der Waals surface area (Å²) in [7, 11) is 0. The Morgan fingerprint density at radius 2 is 2.14 bits per heavy atom. The molecule has 1 aromatic heterocycles. The molecule has 2 aromatic rings. The molecule has 2 rings (SSSR count). The highest BCUT2D eigenvalue weighted by Gasteiger charge is 2.12. The molecule has 1 atom stereocenters. The van der Waals surface area contributed by atoms with Crippen molar-refractivity contribution >= 4 is 11.3 Å². The lowest BCUT2D eigenvalue weighted by atomic mass is 10.1. The molecule has 3 heteroatoms. The average molecular weight is 299 g/mol. The summed E-state index contributed by atoms with van der Waals surface area (Å²) in [5.74, 6) is 3.38. The molecule has 1 N–H and O–H groups in total. The molecule has 0 aliphatic carbocycles. The summed E-state index contributed by atoms with van der Waals surface area (Å²) in [5, 5.41) is 5.76. The molecular formula is C18H21NOS. The quantitative estimate of drug-likeness (QED) is 0.730. The fourth-order valence-corrected chi connectivity index (χ4v) is 3.10. The zero-order valence-electron chi connectivity index (χ0n) is 12.3. The van der Waals surface area contributed by atoms with Crippen molar-refractivity contribution in [2.45, 2.75) is 32.4 Å². The Morgan fingerprint density at radius 3 is 2.86 bits per heavy atom. The Morgan fingerprint density at radius 1 is 1.29 bits per heavy atom. The number of nitrogens with one attached hydrogen (secondary N) is 1. The van der Waals surface area contributed by atoms with E-state index in [1.54, 1.807) is 11.3 Å². The monoisotopic (exact) mass is 299 g/mol. The first-order chi connectivity index (χ1) is 10.3. The van der Waals surface area contributed by atoms with Gasteiger partial charge >= 0.3 is 0 Å². The number of benzene rings is 1. The van der Waals surface area contributed by atoms with E-state index in [2.05, 4.69) is 41.7 Å². The maximum atomic E-state index is 5.60. The highest BCUT2D eigenvalue weighted by Crippen LogP contribution is 2.25. The van der Waals surface area contributed by atoms with Gasteiger partial charge in [-0.1, -0.05) is 43.5 Å². The summed E-state index contributed by atoms with van der Waals surface area (Å²) in [5.41, 5.74) is 1.14. The van der Waals surface area contributed by atoms with Crippen LogP contribution in [0.25, 0.3) is 0 Å². The van der Waals surface area contributed by atoms with Crippen molar-refractivity contribution in [1.82, 2.24) is 5.32 Å². The first kappa shape index (κ1) is 15.6. The molecule has 0 saturated carbocycles. The maximum Gasteiger partial charge on any atom is 0.148 e. The molecule has 0 bridgehead atoms. The average Bonchev–Trinajstić information content (AvgIpc) is 3.04. The van der Waals surface area contributed by atoms with Crippen molar-refractivity contribution in [3.63, 3.8) is 0 Å². The van der Waals surface area contributed by atoms with Crippen molar-refractivity contribution < 1.29 is 4.74 Å². The third kappa shape index (κ3) is 4.63. The van der Waals surface area contributed by atoms with Crippen LogP contribution in [0.1, 0.15) is 36.2 Å². The van der Waals surface area contributed by atoms with Crippen molar-refractivity contribution in [3.8, 4) is 18.1 Å². The first-order valence-electron chi connectivity index (χ1n) is 7.26. The highest BCUT2D eigenvalue weighted by atomic mass is 32.1. The number of hydrogen-bond acceptors (Lipinski definition) is 3. The molecule has 0 amide bonds. The van der Waals surface area contributed by atoms with Gasteiger partial charge in [-0.05, 0) is 23.9 Å². The van der Waals surface area contributed by atoms with Crippen LogP contribution >= 0.6 is 11.3 Å². The number of hydrogen-bond donors (Lipinski definition) is 1. The van der Waals surface area contributed by atoms with Gasteiger partial charge in [0.15, 0.2) is 0 Å². The normalized spacial score (nSPS) is 11.8. The second-order valence-corrected chi connectivity index (χ2v) is 5.82. The predicted octanol–water partition coefficient (Wildman–Crippen LogP) is 4.39. The van der Waals surface area contributed by atoms with E-state index in [-0.39, 0.29) is 0 Å². The second-order valence-electron chi connectivity index (χ2n) is 4.84. The SMILES string of the molecule is C#CCOc1ccccc1CNC(CCC)c1cccs1. The molecule has 0 radical (unpaired) electrons. The van der Waals surface area contributed by atoms with E-state index in [1.807, 2.05) is 18.2 Å². The van der Waals surface area contributed by atoms with Crippen LogP contribution in [-0.4, -0.2) is 6.61 Å². The Labute approximate surface area is 131 Å². The Bertz CT molecular complexity index is 571. The molecule has 1 heterocycles. The summed E-state index contributed by atoms with van der Waals surface area (Å²) in [4.78, 5) is 1.39. The predicted molar refractivity (Wildman–Crippen MR) is 89.6 cm³/mol. The number of para-hydroxylation sites is 1. The third-order valence-corrected chi connectivity index (χ3v) is 4.27. The van der Waals surface area contributed by atoms with Gasteiger partial charge in [0.2, 0.25) is 0 Å². The minimum Gasteiger partial charge on any atom is -0.481 e. The molecule has 0 fully saturated rings. The number of rotatable bonds is 8. The van der Waals surface area contributed by atoms with Crippen LogP contribution in [0.15, 0.2) is 41.8 Å². The fourth-order valence-electron chi connectivity index (χ4n) is 2.27. The van der Waals surface area contributed by atoms with E-state index in [4.69, 9.17) is 11.2 Å². The number of thiophene rings is 1. The molecule has 1 unspecified atom stereocenters. The molecule has 110 valence electrons. The van der Waals surface area contributed by atoms with Gasteiger partial charge in [0, 0.05) is 23.0 Å². The van der Waals surface area contributed by atoms with Gasteiger partial charge in [-0.15, -0.1) is 17.8 Å². The molecule has 0 saturated heterocycles. The van der Waals surface area contributed by atoms with Crippen molar-refractivity contribution in [2.24, 2.45) is 0 Å². The lowest BCUT2D eigenvalue weighted by Crippen LogP contribution is -2.20. The van der Waals surface area contributed by atoms with E-state index in [0.717, 1.165) is 30.7 Å². The van der Waals surface area contributed by atoms with Crippen molar-refractivity contribution in [3.05, 3.63) is 52.2 Å². The largest absolute Gasteiger partial charge is 0.481 e. The van der Waals surface area contributed by atoms with Crippen LogP contribution < -0.4 is 10.1 Å². The number of terminal acetylenes is 1. The van der Waals surface area contributed by atoms with Gasteiger partial charge in [0.1, 0.15) is 12.4 Å². The van der Waals surface area contributed by atoms with E-state index in [0.29, 0.717) is 12.6 Å². The minimum atomic E-state index is 0.306. The zero-order chi connectivity index (χ0) is 14.9. The molecule has 0 spiro atoms. The van der Waals surface area contributed by atoms with Crippen molar-refractivity contribution in [2.75, 3.05) is 6.61 Å². The van der Waals surface area contributed by atoms with Crippen molar-refractivity contribution in [1.29, 1.82) is 0 Å². The fraction of sp³-hybridized carbons (Fsp3) is 0.333. The minimum absolute atomic E-state index is 0.306. The summed E-state index contributed by atoms with van der Waals surface area (Å²) in [6, 6.07) is 12.7. The third-order valence-electron chi connectivity index (χ3n) is 3.29. The standard InChI is InChI=1S/C18H21NOS/c1-3-8-16(18-11-7-13-21-18)19-14-15-9-5-6-10-17(15)20-12-4-2/h2,5-7,9-11,13,16,19H,3,8,12,14H2,1H3. The van der Waals surface area contributed by atoms with Crippen LogP contribution in [0, 0.1) is 12.3 Å². The Kier molecular flexibility index (Phi) is 6.33. The van der Waals surface area contributed by atoms with Crippen LogP contribution in [-0.2, 0) is 6.54 Å². The zero-order valence-corrected chi connectivity index (χ0v) is 13.2. The van der Waals surface area contributed by atoms with E-state index < -0.39 is 0 Å².